The normalized spacial score (nSPS) is 11.3. The van der Waals surface area contributed by atoms with Crippen LogP contribution in [0.3, 0.4) is 0 Å². The molecule has 3 rings (SSSR count). The third kappa shape index (κ3) is 5.18. The summed E-state index contributed by atoms with van der Waals surface area (Å²) in [7, 11) is -3.98. The van der Waals surface area contributed by atoms with Crippen molar-refractivity contribution in [3.8, 4) is 11.5 Å². The maximum absolute atomic E-state index is 12.5. The molecule has 0 aliphatic rings. The van der Waals surface area contributed by atoms with E-state index in [-0.39, 0.29) is 21.4 Å². The van der Waals surface area contributed by atoms with E-state index >= 15 is 0 Å². The number of phenols is 1. The van der Waals surface area contributed by atoms with Crippen LogP contribution in [0.2, 0.25) is 0 Å². The molecular weight excluding hydrogens is 408 g/mol. The lowest BCUT2D eigenvalue weighted by atomic mass is 10.2. The second-order valence-corrected chi connectivity index (χ2v) is 8.06. The number of benzene rings is 3. The lowest BCUT2D eigenvalue weighted by Gasteiger charge is -2.10. The molecule has 6 nitrogen and oxygen atoms in total. The monoisotopic (exact) mass is 426 g/mol. The molecule has 0 aliphatic heterocycles. The topological polar surface area (TPSA) is 88.0 Å². The van der Waals surface area contributed by atoms with E-state index in [0.717, 1.165) is 5.56 Å². The number of thiocarbonyl (C=S) groups is 1. The number of hydrogen-bond donors (Lipinski definition) is 2. The molecule has 0 saturated carbocycles. The molecule has 0 bridgehead atoms. The number of hydrazone groups is 1. The number of hydrogen-bond acceptors (Lipinski definition) is 6. The molecule has 0 saturated heterocycles. The first-order valence-electron chi connectivity index (χ1n) is 8.58. The molecule has 0 fully saturated rings. The van der Waals surface area contributed by atoms with E-state index < -0.39 is 10.1 Å². The second-order valence-electron chi connectivity index (χ2n) is 6.10. The zero-order chi connectivity index (χ0) is 20.9. The van der Waals surface area contributed by atoms with Gasteiger partial charge in [-0.1, -0.05) is 54.2 Å². The molecule has 29 heavy (non-hydrogen) atoms. The standard InChI is InChI=1S/C21H18N2O4S2/c1-15-10-12-17(13-11-15)29(25,26)27-20-9-5-2-6-16(20)14-22-23-21(28)18-7-3-4-8-19(18)24/h2-14,24H,1H3,(H,23,28). The summed E-state index contributed by atoms with van der Waals surface area (Å²) in [6.45, 7) is 1.87. The van der Waals surface area contributed by atoms with Gasteiger partial charge in [-0.2, -0.15) is 13.5 Å². The van der Waals surface area contributed by atoms with Gasteiger partial charge < -0.3 is 9.29 Å². The Morgan fingerprint density at radius 2 is 1.69 bits per heavy atom. The van der Waals surface area contributed by atoms with Crippen molar-refractivity contribution in [3.05, 3.63) is 89.5 Å². The van der Waals surface area contributed by atoms with Crippen LogP contribution in [-0.4, -0.2) is 24.7 Å². The molecule has 2 N–H and O–H groups in total. The highest BCUT2D eigenvalue weighted by Gasteiger charge is 2.17. The first-order valence-corrected chi connectivity index (χ1v) is 10.4. The largest absolute Gasteiger partial charge is 0.507 e. The smallest absolute Gasteiger partial charge is 0.339 e. The summed E-state index contributed by atoms with van der Waals surface area (Å²) >= 11 is 5.21. The number of phenolic OH excluding ortho intramolecular Hbond substituents is 1. The van der Waals surface area contributed by atoms with Crippen molar-refractivity contribution in [2.75, 3.05) is 0 Å². The Labute approximate surface area is 174 Å². The van der Waals surface area contributed by atoms with E-state index in [4.69, 9.17) is 16.4 Å². The molecule has 0 heterocycles. The minimum absolute atomic E-state index is 0.0353. The zero-order valence-electron chi connectivity index (χ0n) is 15.4. The summed E-state index contributed by atoms with van der Waals surface area (Å²) in [6, 6.07) is 19.6. The van der Waals surface area contributed by atoms with Crippen LogP contribution >= 0.6 is 12.2 Å². The van der Waals surface area contributed by atoms with Gasteiger partial charge in [0, 0.05) is 5.56 Å². The number of nitrogens with one attached hydrogen (secondary N) is 1. The average molecular weight is 427 g/mol. The maximum atomic E-state index is 12.5. The van der Waals surface area contributed by atoms with Crippen molar-refractivity contribution in [2.45, 2.75) is 11.8 Å². The molecule has 148 valence electrons. The second kappa shape index (κ2) is 8.85. The van der Waals surface area contributed by atoms with Gasteiger partial charge in [0.15, 0.2) is 5.75 Å². The summed E-state index contributed by atoms with van der Waals surface area (Å²) in [5.41, 5.74) is 4.48. The SMILES string of the molecule is Cc1ccc(S(=O)(=O)Oc2ccccc2C=NNC(=S)c2ccccc2O)cc1. The predicted molar refractivity (Wildman–Crippen MR) is 116 cm³/mol. The first kappa shape index (κ1) is 20.5. The van der Waals surface area contributed by atoms with Crippen LogP contribution in [0, 0.1) is 6.92 Å². The van der Waals surface area contributed by atoms with Crippen LogP contribution in [-0.2, 0) is 10.1 Å². The Hall–Kier alpha value is -3.23. The van der Waals surface area contributed by atoms with Crippen molar-refractivity contribution in [3.63, 3.8) is 0 Å². The maximum Gasteiger partial charge on any atom is 0.339 e. The number of nitrogens with zero attached hydrogens (tertiary/aromatic N) is 1. The molecule has 0 unspecified atom stereocenters. The number of para-hydroxylation sites is 2. The molecule has 3 aromatic carbocycles. The van der Waals surface area contributed by atoms with Crippen molar-refractivity contribution >= 4 is 33.5 Å². The van der Waals surface area contributed by atoms with E-state index in [1.807, 2.05) is 6.92 Å². The Kier molecular flexibility index (Phi) is 6.26. The number of rotatable bonds is 6. The van der Waals surface area contributed by atoms with E-state index in [9.17, 15) is 13.5 Å². The molecule has 0 aliphatic carbocycles. The van der Waals surface area contributed by atoms with Crippen LogP contribution in [0.5, 0.6) is 11.5 Å². The van der Waals surface area contributed by atoms with Gasteiger partial charge in [-0.25, -0.2) is 0 Å². The van der Waals surface area contributed by atoms with Gasteiger partial charge in [0.1, 0.15) is 15.6 Å². The van der Waals surface area contributed by atoms with Crippen LogP contribution in [0.4, 0.5) is 0 Å². The fraction of sp³-hybridized carbons (Fsp3) is 0.0476. The van der Waals surface area contributed by atoms with Crippen LogP contribution in [0.15, 0.2) is 82.8 Å². The van der Waals surface area contributed by atoms with Gasteiger partial charge in [0.2, 0.25) is 0 Å². The zero-order valence-corrected chi connectivity index (χ0v) is 17.1. The number of aryl methyl sites for hydroxylation is 1. The quantitative estimate of drug-likeness (QED) is 0.270. The Morgan fingerprint density at radius 1 is 1.03 bits per heavy atom. The third-order valence-corrected chi connectivity index (χ3v) is 5.51. The highest BCUT2D eigenvalue weighted by Crippen LogP contribution is 2.22. The molecule has 0 spiro atoms. The van der Waals surface area contributed by atoms with Crippen molar-refractivity contribution < 1.29 is 17.7 Å². The van der Waals surface area contributed by atoms with Gasteiger partial charge in [-0.3, -0.25) is 5.43 Å². The van der Waals surface area contributed by atoms with Crippen LogP contribution < -0.4 is 9.61 Å². The third-order valence-electron chi connectivity index (χ3n) is 3.95. The fourth-order valence-electron chi connectivity index (χ4n) is 2.42. The number of aromatic hydroxyl groups is 1. The summed E-state index contributed by atoms with van der Waals surface area (Å²) < 4.78 is 30.4. The van der Waals surface area contributed by atoms with Crippen molar-refractivity contribution in [1.29, 1.82) is 0 Å². The van der Waals surface area contributed by atoms with Crippen molar-refractivity contribution in [1.82, 2.24) is 5.43 Å². The summed E-state index contributed by atoms with van der Waals surface area (Å²) in [5.74, 6) is 0.167. The van der Waals surface area contributed by atoms with E-state index in [0.29, 0.717) is 11.1 Å². The Bertz CT molecular complexity index is 1160. The molecular formula is C21H18N2O4S2. The Balaban J connectivity index is 1.77. The molecule has 0 amide bonds. The minimum atomic E-state index is -3.98. The summed E-state index contributed by atoms with van der Waals surface area (Å²) in [4.78, 5) is 0.290. The van der Waals surface area contributed by atoms with Gasteiger partial charge in [-0.15, -0.1) is 0 Å². The lowest BCUT2D eigenvalue weighted by molar-refractivity contribution is 0.474. The van der Waals surface area contributed by atoms with E-state index in [2.05, 4.69) is 10.5 Å². The lowest BCUT2D eigenvalue weighted by Crippen LogP contribution is -2.16. The summed E-state index contributed by atoms with van der Waals surface area (Å²) in [5, 5.41) is 13.9. The van der Waals surface area contributed by atoms with Gasteiger partial charge in [-0.05, 0) is 43.3 Å². The van der Waals surface area contributed by atoms with Gasteiger partial charge >= 0.3 is 10.1 Å². The first-order chi connectivity index (χ1) is 13.9. The average Bonchev–Trinajstić information content (AvgIpc) is 2.69. The molecule has 3 aromatic rings. The van der Waals surface area contributed by atoms with Crippen molar-refractivity contribution in [2.24, 2.45) is 5.10 Å². The Morgan fingerprint density at radius 3 is 2.41 bits per heavy atom. The predicted octanol–water partition coefficient (Wildman–Crippen LogP) is 3.77. The van der Waals surface area contributed by atoms with E-state index in [1.165, 1.54) is 30.5 Å². The highest BCUT2D eigenvalue weighted by atomic mass is 32.2. The molecule has 8 heteroatoms. The van der Waals surface area contributed by atoms with Crippen LogP contribution in [0.1, 0.15) is 16.7 Å². The molecule has 0 aromatic heterocycles. The van der Waals surface area contributed by atoms with Crippen LogP contribution in [0.25, 0.3) is 0 Å². The fourth-order valence-corrected chi connectivity index (χ4v) is 3.60. The highest BCUT2D eigenvalue weighted by molar-refractivity contribution is 7.87. The van der Waals surface area contributed by atoms with Gasteiger partial charge in [0.25, 0.3) is 0 Å². The van der Waals surface area contributed by atoms with E-state index in [1.54, 1.807) is 48.5 Å². The summed E-state index contributed by atoms with van der Waals surface area (Å²) in [6.07, 6.45) is 1.40. The molecule has 0 radical (unpaired) electrons. The molecule has 0 atom stereocenters. The minimum Gasteiger partial charge on any atom is -0.507 e. The van der Waals surface area contributed by atoms with Gasteiger partial charge in [0.05, 0.1) is 11.8 Å².